The Labute approximate surface area is 123 Å². The molecule has 1 heterocycles. The van der Waals surface area contributed by atoms with Crippen molar-refractivity contribution in [2.24, 2.45) is 0 Å². The molecule has 1 N–H and O–H groups in total. The van der Waals surface area contributed by atoms with Crippen LogP contribution < -0.4 is 0 Å². The minimum atomic E-state index is -0.00904. The number of aryl methyl sites for hydroxylation is 1. The maximum Gasteiger partial charge on any atom is 0.264 e. The molecule has 0 aliphatic heterocycles. The zero-order valence-electron chi connectivity index (χ0n) is 11.6. The van der Waals surface area contributed by atoms with E-state index in [1.54, 1.807) is 4.90 Å². The topological polar surface area (TPSA) is 40.5 Å². The van der Waals surface area contributed by atoms with Gasteiger partial charge in [-0.15, -0.1) is 11.3 Å². The molecule has 0 aliphatic rings. The number of thiophene rings is 1. The molecule has 4 heteroatoms. The normalized spacial score (nSPS) is 10.5. The van der Waals surface area contributed by atoms with Crippen LogP contribution in [0.15, 0.2) is 42.5 Å². The highest BCUT2D eigenvalue weighted by atomic mass is 32.1. The number of carbonyl (C=O) groups excluding carboxylic acids is 1. The molecule has 1 aromatic heterocycles. The quantitative estimate of drug-likeness (QED) is 0.888. The SMILES string of the molecule is Cc1ccc(C(=O)N(CCO)CCc2ccccc2)s1. The monoisotopic (exact) mass is 289 g/mol. The zero-order valence-corrected chi connectivity index (χ0v) is 12.4. The molecule has 0 radical (unpaired) electrons. The van der Waals surface area contributed by atoms with E-state index in [9.17, 15) is 4.79 Å². The summed E-state index contributed by atoms with van der Waals surface area (Å²) < 4.78 is 0. The second-order valence-electron chi connectivity index (χ2n) is 4.66. The first-order valence-corrected chi connectivity index (χ1v) is 7.53. The van der Waals surface area contributed by atoms with Crippen LogP contribution in [-0.2, 0) is 6.42 Å². The third-order valence-corrected chi connectivity index (χ3v) is 4.11. The van der Waals surface area contributed by atoms with E-state index in [1.165, 1.54) is 16.9 Å². The van der Waals surface area contributed by atoms with E-state index in [4.69, 9.17) is 5.11 Å². The third kappa shape index (κ3) is 3.92. The van der Waals surface area contributed by atoms with Crippen LogP contribution in [0.2, 0.25) is 0 Å². The van der Waals surface area contributed by atoms with E-state index in [-0.39, 0.29) is 12.5 Å². The van der Waals surface area contributed by atoms with Gasteiger partial charge in [0.1, 0.15) is 0 Å². The molecule has 0 spiro atoms. The van der Waals surface area contributed by atoms with Crippen LogP contribution in [0.25, 0.3) is 0 Å². The van der Waals surface area contributed by atoms with Crippen LogP contribution in [0, 0.1) is 6.92 Å². The summed E-state index contributed by atoms with van der Waals surface area (Å²) in [6.45, 7) is 2.98. The van der Waals surface area contributed by atoms with Gasteiger partial charge in [-0.2, -0.15) is 0 Å². The number of benzene rings is 1. The van der Waals surface area contributed by atoms with Crippen LogP contribution in [0.1, 0.15) is 20.1 Å². The van der Waals surface area contributed by atoms with Gasteiger partial charge in [0.25, 0.3) is 5.91 Å². The minimum Gasteiger partial charge on any atom is -0.395 e. The molecule has 0 aliphatic carbocycles. The number of rotatable bonds is 6. The molecule has 0 unspecified atom stereocenters. The summed E-state index contributed by atoms with van der Waals surface area (Å²) in [6, 6.07) is 13.9. The number of carbonyl (C=O) groups is 1. The lowest BCUT2D eigenvalue weighted by Crippen LogP contribution is -2.34. The Balaban J connectivity index is 2.01. The summed E-state index contributed by atoms with van der Waals surface area (Å²) in [5.41, 5.74) is 1.20. The van der Waals surface area contributed by atoms with Gasteiger partial charge in [0.2, 0.25) is 0 Å². The number of amides is 1. The first kappa shape index (κ1) is 14.8. The highest BCUT2D eigenvalue weighted by Gasteiger charge is 2.16. The average molecular weight is 289 g/mol. The molecule has 0 bridgehead atoms. The van der Waals surface area contributed by atoms with Crippen LogP contribution in [-0.4, -0.2) is 35.6 Å². The Morgan fingerprint density at radius 2 is 1.90 bits per heavy atom. The smallest absolute Gasteiger partial charge is 0.264 e. The zero-order chi connectivity index (χ0) is 14.4. The molecule has 3 nitrogen and oxygen atoms in total. The van der Waals surface area contributed by atoms with Gasteiger partial charge >= 0.3 is 0 Å². The van der Waals surface area contributed by atoms with Crippen molar-refractivity contribution < 1.29 is 9.90 Å². The molecular weight excluding hydrogens is 270 g/mol. The molecule has 106 valence electrons. The number of aliphatic hydroxyl groups is 1. The molecule has 1 aromatic carbocycles. The second kappa shape index (κ2) is 7.22. The first-order chi connectivity index (χ1) is 9.70. The summed E-state index contributed by atoms with van der Waals surface area (Å²) in [5.74, 6) is 0.00748. The Morgan fingerprint density at radius 3 is 2.50 bits per heavy atom. The molecule has 0 fully saturated rings. The lowest BCUT2D eigenvalue weighted by molar-refractivity contribution is 0.0729. The van der Waals surface area contributed by atoms with Crippen molar-refractivity contribution >= 4 is 17.2 Å². The third-order valence-electron chi connectivity index (χ3n) is 3.12. The van der Waals surface area contributed by atoms with Gasteiger partial charge in [-0.3, -0.25) is 4.79 Å². The average Bonchev–Trinajstić information content (AvgIpc) is 2.90. The maximum absolute atomic E-state index is 12.4. The fourth-order valence-corrected chi connectivity index (χ4v) is 2.89. The lowest BCUT2D eigenvalue weighted by atomic mass is 10.1. The van der Waals surface area contributed by atoms with Crippen molar-refractivity contribution in [1.29, 1.82) is 0 Å². The summed E-state index contributed by atoms with van der Waals surface area (Å²) >= 11 is 1.50. The Bertz CT molecular complexity index is 551. The number of aliphatic hydroxyl groups excluding tert-OH is 1. The van der Waals surface area contributed by atoms with E-state index in [1.807, 2.05) is 37.3 Å². The summed E-state index contributed by atoms with van der Waals surface area (Å²) in [7, 11) is 0. The van der Waals surface area contributed by atoms with Gasteiger partial charge in [0.05, 0.1) is 11.5 Å². The standard InChI is InChI=1S/C16H19NO2S/c1-13-7-8-15(20-13)16(19)17(11-12-18)10-9-14-5-3-2-4-6-14/h2-8,18H,9-12H2,1H3. The Morgan fingerprint density at radius 1 is 1.15 bits per heavy atom. The molecule has 0 saturated carbocycles. The molecule has 0 saturated heterocycles. The summed E-state index contributed by atoms with van der Waals surface area (Å²) in [4.78, 5) is 16.0. The predicted octanol–water partition coefficient (Wildman–Crippen LogP) is 2.73. The first-order valence-electron chi connectivity index (χ1n) is 6.71. The van der Waals surface area contributed by atoms with E-state index >= 15 is 0 Å². The van der Waals surface area contributed by atoms with Crippen molar-refractivity contribution in [3.8, 4) is 0 Å². The minimum absolute atomic E-state index is 0.00748. The van der Waals surface area contributed by atoms with E-state index < -0.39 is 0 Å². The van der Waals surface area contributed by atoms with E-state index in [0.717, 1.165) is 16.2 Å². The number of nitrogens with zero attached hydrogens (tertiary/aromatic N) is 1. The van der Waals surface area contributed by atoms with Gasteiger partial charge in [-0.05, 0) is 31.0 Å². The molecule has 1 amide bonds. The fourth-order valence-electron chi connectivity index (χ4n) is 2.05. The van der Waals surface area contributed by atoms with Gasteiger partial charge < -0.3 is 10.0 Å². The van der Waals surface area contributed by atoms with Crippen LogP contribution in [0.3, 0.4) is 0 Å². The molecule has 0 atom stereocenters. The molecule has 2 rings (SSSR count). The lowest BCUT2D eigenvalue weighted by Gasteiger charge is -2.21. The van der Waals surface area contributed by atoms with Crippen molar-refractivity contribution in [2.45, 2.75) is 13.3 Å². The predicted molar refractivity (Wildman–Crippen MR) is 82.2 cm³/mol. The Hall–Kier alpha value is -1.65. The number of hydrogen-bond donors (Lipinski definition) is 1. The van der Waals surface area contributed by atoms with Crippen molar-refractivity contribution in [1.82, 2.24) is 4.90 Å². The second-order valence-corrected chi connectivity index (χ2v) is 5.95. The van der Waals surface area contributed by atoms with Gasteiger partial charge in [0, 0.05) is 18.0 Å². The van der Waals surface area contributed by atoms with Crippen molar-refractivity contribution in [2.75, 3.05) is 19.7 Å². The summed E-state index contributed by atoms with van der Waals surface area (Å²) in [5, 5.41) is 9.14. The summed E-state index contributed by atoms with van der Waals surface area (Å²) in [6.07, 6.45) is 0.803. The Kier molecular flexibility index (Phi) is 5.32. The van der Waals surface area contributed by atoms with Crippen LogP contribution in [0.4, 0.5) is 0 Å². The van der Waals surface area contributed by atoms with Crippen LogP contribution in [0.5, 0.6) is 0 Å². The van der Waals surface area contributed by atoms with Gasteiger partial charge in [-0.25, -0.2) is 0 Å². The highest BCUT2D eigenvalue weighted by Crippen LogP contribution is 2.17. The van der Waals surface area contributed by atoms with Crippen LogP contribution >= 0.6 is 11.3 Å². The van der Waals surface area contributed by atoms with Crippen molar-refractivity contribution in [3.05, 3.63) is 57.8 Å². The van der Waals surface area contributed by atoms with Crippen molar-refractivity contribution in [3.63, 3.8) is 0 Å². The fraction of sp³-hybridized carbons (Fsp3) is 0.312. The molecule has 20 heavy (non-hydrogen) atoms. The largest absolute Gasteiger partial charge is 0.395 e. The molecular formula is C16H19NO2S. The number of hydrogen-bond acceptors (Lipinski definition) is 3. The maximum atomic E-state index is 12.4. The van der Waals surface area contributed by atoms with Gasteiger partial charge in [0.15, 0.2) is 0 Å². The highest BCUT2D eigenvalue weighted by molar-refractivity contribution is 7.13. The van der Waals surface area contributed by atoms with Gasteiger partial charge in [-0.1, -0.05) is 30.3 Å². The molecule has 2 aromatic rings. The van der Waals surface area contributed by atoms with E-state index in [0.29, 0.717) is 13.1 Å². The van der Waals surface area contributed by atoms with E-state index in [2.05, 4.69) is 12.1 Å².